The number of nitrogens with zero attached hydrogens (tertiary/aromatic N) is 1. The van der Waals surface area contributed by atoms with Gasteiger partial charge in [-0.15, -0.1) is 0 Å². The summed E-state index contributed by atoms with van der Waals surface area (Å²) < 4.78 is 21.4. The Labute approximate surface area is 127 Å². The summed E-state index contributed by atoms with van der Waals surface area (Å²) in [7, 11) is 0. The number of aliphatic hydroxyl groups is 2. The molecule has 0 unspecified atom stereocenters. The van der Waals surface area contributed by atoms with Gasteiger partial charge in [0, 0.05) is 23.0 Å². The average molecular weight is 303 g/mol. The summed E-state index contributed by atoms with van der Waals surface area (Å²) in [5, 5.41) is 20.1. The van der Waals surface area contributed by atoms with Gasteiger partial charge >= 0.3 is 0 Å². The molecule has 0 fully saturated rings. The number of hydrogen-bond donors (Lipinski definition) is 2. The van der Waals surface area contributed by atoms with Gasteiger partial charge in [0.15, 0.2) is 0 Å². The van der Waals surface area contributed by atoms with Crippen LogP contribution < -0.4 is 4.74 Å². The van der Waals surface area contributed by atoms with Crippen molar-refractivity contribution in [1.29, 1.82) is 0 Å². The summed E-state index contributed by atoms with van der Waals surface area (Å²) in [6, 6.07) is 8.39. The molecule has 0 radical (unpaired) electrons. The summed E-state index contributed by atoms with van der Waals surface area (Å²) in [5.74, 6) is 0.196. The number of rotatable bonds is 5. The van der Waals surface area contributed by atoms with Crippen molar-refractivity contribution in [3.63, 3.8) is 0 Å². The van der Waals surface area contributed by atoms with Gasteiger partial charge in [-0.25, -0.2) is 4.39 Å². The quantitative estimate of drug-likeness (QED) is 0.762. The average Bonchev–Trinajstić information content (AvgIpc) is 2.85. The second-order valence-electron chi connectivity index (χ2n) is 5.08. The number of fused-ring (bicyclic) bond motifs is 3. The number of benzene rings is 2. The number of aromatic nitrogens is 1. The molecule has 1 aromatic heterocycles. The first-order valence-corrected chi connectivity index (χ1v) is 7.29. The molecule has 0 aliphatic rings. The predicted molar refractivity (Wildman–Crippen MR) is 83.6 cm³/mol. The highest BCUT2D eigenvalue weighted by atomic mass is 19.1. The molecule has 0 spiro atoms. The minimum absolute atomic E-state index is 0.123. The van der Waals surface area contributed by atoms with E-state index in [9.17, 15) is 9.50 Å². The summed E-state index contributed by atoms with van der Waals surface area (Å²) in [4.78, 5) is 0. The molecule has 0 saturated carbocycles. The van der Waals surface area contributed by atoms with Gasteiger partial charge in [-0.1, -0.05) is 6.07 Å². The highest BCUT2D eigenvalue weighted by molar-refractivity contribution is 6.11. The Morgan fingerprint density at radius 3 is 2.59 bits per heavy atom. The van der Waals surface area contributed by atoms with Crippen molar-refractivity contribution in [1.82, 2.24) is 4.57 Å². The lowest BCUT2D eigenvalue weighted by atomic mass is 10.1. The largest absolute Gasteiger partial charge is 0.490 e. The normalized spacial score (nSPS) is 11.5. The van der Waals surface area contributed by atoms with Gasteiger partial charge in [0.25, 0.3) is 0 Å². The molecule has 1 heterocycles. The minimum Gasteiger partial charge on any atom is -0.490 e. The first-order chi connectivity index (χ1) is 10.7. The second-order valence-corrected chi connectivity index (χ2v) is 5.08. The number of hydrogen-bond acceptors (Lipinski definition) is 3. The molecular weight excluding hydrogens is 285 g/mol. The number of aryl methyl sites for hydroxylation is 1. The maximum atomic E-state index is 13.7. The molecule has 2 N–H and O–H groups in total. The zero-order valence-electron chi connectivity index (χ0n) is 12.3. The Bertz CT molecular complexity index is 826. The third kappa shape index (κ3) is 2.23. The van der Waals surface area contributed by atoms with Crippen LogP contribution in [-0.2, 0) is 13.2 Å². The smallest absolute Gasteiger partial charge is 0.134 e. The van der Waals surface area contributed by atoms with Crippen LogP contribution in [0.15, 0.2) is 30.3 Å². The Morgan fingerprint density at radius 1 is 1.14 bits per heavy atom. The fraction of sp³-hybridized carbons (Fsp3) is 0.294. The van der Waals surface area contributed by atoms with Crippen molar-refractivity contribution in [3.05, 3.63) is 41.7 Å². The van der Waals surface area contributed by atoms with E-state index in [1.807, 2.05) is 13.0 Å². The zero-order valence-corrected chi connectivity index (χ0v) is 12.3. The standard InChI is InChI=1S/C17H18FNO3/c1-2-19-14-6-4-12(18)9-13(14)16-15(19)5-3-11(10-21)17(16)22-8-7-20/h3-6,9,20-21H,2,7-8,10H2,1H3. The van der Waals surface area contributed by atoms with E-state index in [2.05, 4.69) is 4.57 Å². The van der Waals surface area contributed by atoms with Gasteiger partial charge in [-0.2, -0.15) is 0 Å². The van der Waals surface area contributed by atoms with Crippen LogP contribution in [-0.4, -0.2) is 28.0 Å². The molecular formula is C17H18FNO3. The Hall–Kier alpha value is -2.11. The van der Waals surface area contributed by atoms with E-state index >= 15 is 0 Å². The monoisotopic (exact) mass is 303 g/mol. The van der Waals surface area contributed by atoms with Gasteiger partial charge in [0.1, 0.15) is 18.2 Å². The van der Waals surface area contributed by atoms with E-state index in [-0.39, 0.29) is 25.6 Å². The molecule has 0 atom stereocenters. The van der Waals surface area contributed by atoms with Crippen LogP contribution in [0.3, 0.4) is 0 Å². The summed E-state index contributed by atoms with van der Waals surface area (Å²) in [6.45, 7) is 2.59. The SMILES string of the molecule is CCn1c2ccc(F)cc2c2c(OCCO)c(CO)ccc21. The Balaban J connectivity index is 2.42. The van der Waals surface area contributed by atoms with Gasteiger partial charge in [0.2, 0.25) is 0 Å². The van der Waals surface area contributed by atoms with Crippen molar-refractivity contribution >= 4 is 21.8 Å². The molecule has 0 bridgehead atoms. The molecule has 0 aliphatic carbocycles. The lowest BCUT2D eigenvalue weighted by molar-refractivity contribution is 0.197. The van der Waals surface area contributed by atoms with E-state index in [4.69, 9.17) is 9.84 Å². The summed E-state index contributed by atoms with van der Waals surface area (Å²) in [6.07, 6.45) is 0. The Morgan fingerprint density at radius 2 is 1.91 bits per heavy atom. The molecule has 3 rings (SSSR count). The van der Waals surface area contributed by atoms with Crippen LogP contribution in [0.4, 0.5) is 4.39 Å². The molecule has 116 valence electrons. The molecule has 0 saturated heterocycles. The van der Waals surface area contributed by atoms with E-state index < -0.39 is 0 Å². The van der Waals surface area contributed by atoms with Crippen LogP contribution in [0.5, 0.6) is 5.75 Å². The van der Waals surface area contributed by atoms with Crippen molar-refractivity contribution in [2.75, 3.05) is 13.2 Å². The third-order valence-electron chi connectivity index (χ3n) is 3.85. The van der Waals surface area contributed by atoms with Crippen LogP contribution in [0.25, 0.3) is 21.8 Å². The zero-order chi connectivity index (χ0) is 15.7. The number of aliphatic hydroxyl groups excluding tert-OH is 2. The maximum Gasteiger partial charge on any atom is 0.134 e. The molecule has 2 aromatic carbocycles. The lowest BCUT2D eigenvalue weighted by Gasteiger charge is -2.11. The van der Waals surface area contributed by atoms with Crippen molar-refractivity contribution in [2.45, 2.75) is 20.1 Å². The van der Waals surface area contributed by atoms with Gasteiger partial charge in [-0.05, 0) is 31.2 Å². The summed E-state index contributed by atoms with van der Waals surface area (Å²) in [5.41, 5.74) is 2.47. The van der Waals surface area contributed by atoms with Crippen LogP contribution in [0.2, 0.25) is 0 Å². The van der Waals surface area contributed by atoms with Crippen LogP contribution in [0, 0.1) is 5.82 Å². The molecule has 0 amide bonds. The lowest BCUT2D eigenvalue weighted by Crippen LogP contribution is -2.04. The van der Waals surface area contributed by atoms with Gasteiger partial charge in [-0.3, -0.25) is 0 Å². The predicted octanol–water partition coefficient (Wildman–Crippen LogP) is 2.82. The van der Waals surface area contributed by atoms with E-state index in [1.54, 1.807) is 12.1 Å². The minimum atomic E-state index is -0.315. The van der Waals surface area contributed by atoms with Gasteiger partial charge < -0.3 is 19.5 Å². The first kappa shape index (κ1) is 14.8. The van der Waals surface area contributed by atoms with Crippen molar-refractivity contribution in [3.8, 4) is 5.75 Å². The van der Waals surface area contributed by atoms with Crippen LogP contribution in [0.1, 0.15) is 12.5 Å². The number of ether oxygens (including phenoxy) is 1. The molecule has 3 aromatic rings. The molecule has 4 nitrogen and oxygen atoms in total. The highest BCUT2D eigenvalue weighted by Gasteiger charge is 2.17. The first-order valence-electron chi connectivity index (χ1n) is 7.29. The Kier molecular flexibility index (Phi) is 4.00. The maximum absolute atomic E-state index is 13.7. The van der Waals surface area contributed by atoms with E-state index in [0.29, 0.717) is 11.3 Å². The molecule has 0 aliphatic heterocycles. The summed E-state index contributed by atoms with van der Waals surface area (Å²) >= 11 is 0. The van der Waals surface area contributed by atoms with Crippen LogP contribution >= 0.6 is 0 Å². The van der Waals surface area contributed by atoms with E-state index in [0.717, 1.165) is 28.4 Å². The fourth-order valence-electron chi connectivity index (χ4n) is 2.95. The number of halogens is 1. The van der Waals surface area contributed by atoms with Crippen molar-refractivity contribution in [2.24, 2.45) is 0 Å². The van der Waals surface area contributed by atoms with E-state index in [1.165, 1.54) is 12.1 Å². The second kappa shape index (κ2) is 5.94. The highest BCUT2D eigenvalue weighted by Crippen LogP contribution is 2.38. The third-order valence-corrected chi connectivity index (χ3v) is 3.85. The topological polar surface area (TPSA) is 54.6 Å². The molecule has 22 heavy (non-hydrogen) atoms. The molecule has 5 heteroatoms. The fourth-order valence-corrected chi connectivity index (χ4v) is 2.95. The van der Waals surface area contributed by atoms with Crippen molar-refractivity contribution < 1.29 is 19.3 Å². The van der Waals surface area contributed by atoms with Gasteiger partial charge in [0.05, 0.1) is 24.1 Å².